The molecule has 2 aliphatic heterocycles. The Bertz CT molecular complexity index is 1190. The highest BCUT2D eigenvalue weighted by molar-refractivity contribution is 5.79. The fraction of sp³-hybridized carbons (Fsp3) is 0.679. The number of nitroso groups, excluding NO2 is 1. The topological polar surface area (TPSA) is 93.9 Å². The van der Waals surface area contributed by atoms with Crippen LogP contribution in [0.4, 0.5) is 0 Å². The number of hydrogen-bond acceptors (Lipinski definition) is 7. The van der Waals surface area contributed by atoms with E-state index in [2.05, 4.69) is 15.1 Å². The normalized spacial score (nSPS) is 33.1. The molecule has 0 N–H and O–H groups in total. The first-order valence-electron chi connectivity index (χ1n) is 13.8. The zero-order chi connectivity index (χ0) is 24.8. The molecule has 5 atom stereocenters. The van der Waals surface area contributed by atoms with Crippen LogP contribution in [0.5, 0.6) is 0 Å². The molecule has 8 nitrogen and oxygen atoms in total. The number of benzene rings is 1. The maximum absolute atomic E-state index is 13.8. The van der Waals surface area contributed by atoms with Crippen molar-refractivity contribution in [1.29, 1.82) is 0 Å². The van der Waals surface area contributed by atoms with Crippen LogP contribution in [0.25, 0.3) is 11.0 Å². The smallest absolute Gasteiger partial charge is 0.340 e. The van der Waals surface area contributed by atoms with Gasteiger partial charge in [-0.2, -0.15) is 0 Å². The molecule has 5 unspecified atom stereocenters. The second kappa shape index (κ2) is 9.69. The Labute approximate surface area is 211 Å². The minimum atomic E-state index is -1.56. The van der Waals surface area contributed by atoms with Gasteiger partial charge in [0.2, 0.25) is 6.04 Å². The predicted octanol–water partition coefficient (Wildman–Crippen LogP) is 4.90. The molecule has 8 heteroatoms. The van der Waals surface area contributed by atoms with Crippen molar-refractivity contribution in [3.8, 4) is 0 Å². The zero-order valence-electron chi connectivity index (χ0n) is 21.1. The molecule has 2 saturated heterocycles. The predicted molar refractivity (Wildman–Crippen MR) is 137 cm³/mol. The Morgan fingerprint density at radius 3 is 2.28 bits per heavy atom. The Hall–Kier alpha value is -2.61. The summed E-state index contributed by atoms with van der Waals surface area (Å²) in [4.78, 5) is 45.0. The number of aromatic nitrogens is 2. The minimum Gasteiger partial charge on any atom is -0.467 e. The average molecular weight is 493 g/mol. The largest absolute Gasteiger partial charge is 0.467 e. The van der Waals surface area contributed by atoms with Crippen molar-refractivity contribution in [2.24, 2.45) is 17.0 Å². The third-order valence-electron chi connectivity index (χ3n) is 9.50. The van der Waals surface area contributed by atoms with E-state index in [4.69, 9.17) is 4.74 Å². The Balaban J connectivity index is 1.36. The number of esters is 1. The first-order chi connectivity index (χ1) is 17.6. The first kappa shape index (κ1) is 23.8. The van der Waals surface area contributed by atoms with Crippen molar-refractivity contribution in [3.63, 3.8) is 0 Å². The first-order valence-corrected chi connectivity index (χ1v) is 13.8. The van der Waals surface area contributed by atoms with E-state index in [1.807, 2.05) is 28.8 Å². The van der Waals surface area contributed by atoms with Crippen LogP contribution in [-0.4, -0.2) is 45.7 Å². The fourth-order valence-corrected chi connectivity index (χ4v) is 8.17. The molecule has 192 valence electrons. The molecule has 6 rings (SSSR count). The monoisotopic (exact) mass is 492 g/mol. The molecule has 4 fully saturated rings. The highest BCUT2D eigenvalue weighted by Gasteiger charge is 2.45. The van der Waals surface area contributed by atoms with Gasteiger partial charge < -0.3 is 9.30 Å². The summed E-state index contributed by atoms with van der Waals surface area (Å²) in [6, 6.07) is 7.56. The molecule has 1 aromatic carbocycles. The van der Waals surface area contributed by atoms with Gasteiger partial charge in [-0.25, -0.2) is 9.78 Å². The van der Waals surface area contributed by atoms with E-state index >= 15 is 0 Å². The summed E-state index contributed by atoms with van der Waals surface area (Å²) in [7, 11) is 1.19. The standard InChI is InChI=1S/C28H36N4O4/c1-36-28(34)26(30-35)25-27(33)32(24-11-3-2-10-23(24)29-25)22-15-19-8-5-9-20(16-22)31(19)21-13-17-6-4-7-18(12-17)14-21/h2-3,10-11,17-22,26H,4-9,12-16H2,1H3. The van der Waals surface area contributed by atoms with Crippen LogP contribution in [0, 0.1) is 16.7 Å². The third kappa shape index (κ3) is 4.07. The quantitative estimate of drug-likeness (QED) is 0.435. The van der Waals surface area contributed by atoms with E-state index in [-0.39, 0.29) is 11.7 Å². The molecular weight excluding hydrogens is 456 g/mol. The number of para-hydroxylation sites is 2. The van der Waals surface area contributed by atoms with Gasteiger partial charge in [0.1, 0.15) is 5.69 Å². The molecule has 4 bridgehead atoms. The Morgan fingerprint density at radius 1 is 0.944 bits per heavy atom. The van der Waals surface area contributed by atoms with Gasteiger partial charge in [-0.3, -0.25) is 9.69 Å². The maximum atomic E-state index is 13.8. The highest BCUT2D eigenvalue weighted by atomic mass is 16.5. The van der Waals surface area contributed by atoms with Crippen LogP contribution in [-0.2, 0) is 9.53 Å². The molecule has 1 aromatic heterocycles. The lowest BCUT2D eigenvalue weighted by Crippen LogP contribution is -2.58. The van der Waals surface area contributed by atoms with Crippen molar-refractivity contribution in [3.05, 3.63) is 45.2 Å². The Kier molecular flexibility index (Phi) is 6.40. The molecule has 0 amide bonds. The van der Waals surface area contributed by atoms with Crippen molar-refractivity contribution in [1.82, 2.24) is 14.5 Å². The number of piperidine rings is 2. The van der Waals surface area contributed by atoms with E-state index in [9.17, 15) is 14.5 Å². The second-order valence-electron chi connectivity index (χ2n) is 11.5. The molecule has 4 aliphatic rings. The van der Waals surface area contributed by atoms with Crippen molar-refractivity contribution in [2.75, 3.05) is 7.11 Å². The van der Waals surface area contributed by atoms with Crippen LogP contribution in [0.2, 0.25) is 0 Å². The molecule has 0 radical (unpaired) electrons. The van der Waals surface area contributed by atoms with E-state index in [0.717, 1.165) is 30.2 Å². The number of ether oxygens (including phenoxy) is 1. The van der Waals surface area contributed by atoms with Crippen molar-refractivity contribution >= 4 is 17.0 Å². The summed E-state index contributed by atoms with van der Waals surface area (Å²) in [5.74, 6) is 0.925. The lowest BCUT2D eigenvalue weighted by atomic mass is 9.68. The van der Waals surface area contributed by atoms with Crippen LogP contribution in [0.1, 0.15) is 88.4 Å². The molecule has 2 aliphatic carbocycles. The van der Waals surface area contributed by atoms with Crippen LogP contribution in [0.15, 0.2) is 34.2 Å². The maximum Gasteiger partial charge on any atom is 0.340 e. The van der Waals surface area contributed by atoms with E-state index < -0.39 is 17.6 Å². The summed E-state index contributed by atoms with van der Waals surface area (Å²) < 4.78 is 6.57. The summed E-state index contributed by atoms with van der Waals surface area (Å²) >= 11 is 0. The summed E-state index contributed by atoms with van der Waals surface area (Å²) in [5, 5.41) is 2.93. The lowest BCUT2D eigenvalue weighted by molar-refractivity contribution is -0.142. The van der Waals surface area contributed by atoms with Gasteiger partial charge in [0.15, 0.2) is 0 Å². The molecular formula is C28H36N4O4. The lowest BCUT2D eigenvalue weighted by Gasteiger charge is -2.55. The van der Waals surface area contributed by atoms with Crippen molar-refractivity contribution < 1.29 is 9.53 Å². The number of methoxy groups -OCH3 is 1. The summed E-state index contributed by atoms with van der Waals surface area (Å²) in [5.41, 5.74) is 0.817. The molecule has 2 aromatic rings. The number of hydrogen-bond donors (Lipinski definition) is 0. The van der Waals surface area contributed by atoms with Gasteiger partial charge in [0.25, 0.3) is 5.56 Å². The minimum absolute atomic E-state index is 0.00346. The van der Waals surface area contributed by atoms with Crippen LogP contribution in [0.3, 0.4) is 0 Å². The van der Waals surface area contributed by atoms with E-state index in [0.29, 0.717) is 23.6 Å². The fourth-order valence-electron chi connectivity index (χ4n) is 8.17. The van der Waals surface area contributed by atoms with Crippen LogP contribution < -0.4 is 5.56 Å². The molecule has 2 saturated carbocycles. The van der Waals surface area contributed by atoms with Gasteiger partial charge in [0, 0.05) is 24.2 Å². The van der Waals surface area contributed by atoms with Gasteiger partial charge in [0.05, 0.1) is 18.1 Å². The third-order valence-corrected chi connectivity index (χ3v) is 9.50. The number of rotatable bonds is 5. The molecule has 36 heavy (non-hydrogen) atoms. The summed E-state index contributed by atoms with van der Waals surface area (Å²) in [6.07, 6.45) is 13.7. The number of carbonyl (C=O) groups excluding carboxylic acids is 1. The average Bonchev–Trinajstić information content (AvgIpc) is 2.88. The Morgan fingerprint density at radius 2 is 1.61 bits per heavy atom. The molecule has 3 heterocycles. The van der Waals surface area contributed by atoms with E-state index in [1.165, 1.54) is 64.9 Å². The number of nitrogens with zero attached hydrogens (tertiary/aromatic N) is 4. The van der Waals surface area contributed by atoms with Gasteiger partial charge in [-0.1, -0.05) is 37.8 Å². The second-order valence-corrected chi connectivity index (χ2v) is 11.5. The van der Waals surface area contributed by atoms with Gasteiger partial charge in [-0.05, 0) is 74.1 Å². The highest BCUT2D eigenvalue weighted by Crippen LogP contribution is 2.47. The molecule has 0 spiro atoms. The zero-order valence-corrected chi connectivity index (χ0v) is 21.1. The summed E-state index contributed by atoms with van der Waals surface area (Å²) in [6.45, 7) is 0. The SMILES string of the molecule is COC(=O)C(N=O)c1nc2ccccc2n(C2CC3CCCC(C2)N3C2CC3CCCC(C3)C2)c1=O. The van der Waals surface area contributed by atoms with Crippen molar-refractivity contribution in [2.45, 2.75) is 101 Å². The number of carbonyl (C=O) groups is 1. The van der Waals surface area contributed by atoms with Gasteiger partial charge in [-0.15, -0.1) is 4.91 Å². The van der Waals surface area contributed by atoms with Gasteiger partial charge >= 0.3 is 5.97 Å². The number of fused-ring (bicyclic) bond motifs is 5. The van der Waals surface area contributed by atoms with Crippen LogP contribution >= 0.6 is 0 Å². The van der Waals surface area contributed by atoms with E-state index in [1.54, 1.807) is 0 Å².